The molecule has 0 unspecified atom stereocenters. The predicted molar refractivity (Wildman–Crippen MR) is 103 cm³/mol. The van der Waals surface area contributed by atoms with E-state index >= 15 is 0 Å². The zero-order valence-electron chi connectivity index (χ0n) is 16.1. The number of amides is 1. The third-order valence-corrected chi connectivity index (χ3v) is 4.88. The minimum atomic E-state index is -0.546. The summed E-state index contributed by atoms with van der Waals surface area (Å²) < 4.78 is 19.3. The number of piperidine rings is 1. The van der Waals surface area contributed by atoms with E-state index in [-0.39, 0.29) is 23.1 Å². The maximum Gasteiger partial charge on any atom is 0.294 e. The molecule has 2 aromatic heterocycles. The van der Waals surface area contributed by atoms with Crippen LogP contribution in [0.5, 0.6) is 0 Å². The van der Waals surface area contributed by atoms with Gasteiger partial charge in [0.2, 0.25) is 11.6 Å². The molecular formula is C18H21FN9O2+. The van der Waals surface area contributed by atoms with E-state index in [1.54, 1.807) is 12.1 Å². The molecule has 0 radical (unpaired) electrons. The molecule has 1 amide bonds. The van der Waals surface area contributed by atoms with Gasteiger partial charge in [-0.05, 0) is 47.3 Å². The van der Waals surface area contributed by atoms with Crippen molar-refractivity contribution in [2.45, 2.75) is 25.8 Å². The van der Waals surface area contributed by atoms with Crippen molar-refractivity contribution in [3.8, 4) is 5.82 Å². The van der Waals surface area contributed by atoms with E-state index in [4.69, 9.17) is 5.73 Å². The number of nitrogens with zero attached hydrogens (tertiary/aromatic N) is 6. The normalized spacial score (nSPS) is 15.0. The van der Waals surface area contributed by atoms with Gasteiger partial charge in [-0.25, -0.2) is 14.4 Å². The fourth-order valence-electron chi connectivity index (χ4n) is 3.42. The predicted octanol–water partition coefficient (Wildman–Crippen LogP) is -0.296. The zero-order chi connectivity index (χ0) is 20.9. The van der Waals surface area contributed by atoms with Crippen molar-refractivity contribution in [3.05, 3.63) is 47.0 Å². The molecule has 30 heavy (non-hydrogen) atoms. The van der Waals surface area contributed by atoms with Crippen molar-refractivity contribution in [1.29, 1.82) is 0 Å². The standard InChI is InChI=1S/C18H20FN9O2/c19-13-6-4-5-12(9-13)10-21-23-18(29)15-14(11-27-7-2-1-3-8-27)28(26-22-15)17-16(20)24-30-25-17/h4-6,9-10H,1-3,7-8,11H2,(H2,20,24)(H,23,29)/p+1. The number of likely N-dealkylation sites (tertiary alicyclic amines) is 1. The van der Waals surface area contributed by atoms with Gasteiger partial charge in [0.1, 0.15) is 18.1 Å². The molecule has 0 atom stereocenters. The van der Waals surface area contributed by atoms with E-state index < -0.39 is 5.91 Å². The van der Waals surface area contributed by atoms with Gasteiger partial charge in [0.25, 0.3) is 5.91 Å². The molecule has 1 fully saturated rings. The summed E-state index contributed by atoms with van der Waals surface area (Å²) in [6.45, 7) is 2.47. The molecule has 1 aliphatic heterocycles. The maximum absolute atomic E-state index is 13.3. The van der Waals surface area contributed by atoms with Crippen LogP contribution in [0.15, 0.2) is 34.0 Å². The smallest absolute Gasteiger partial charge is 0.294 e. The molecule has 3 aromatic rings. The number of rotatable bonds is 6. The summed E-state index contributed by atoms with van der Waals surface area (Å²) in [5.74, 6) is -0.712. The number of quaternary nitrogens is 1. The number of carbonyl (C=O) groups is 1. The van der Waals surface area contributed by atoms with E-state index in [2.05, 4.69) is 35.8 Å². The number of hydrogen-bond acceptors (Lipinski definition) is 8. The topological polar surface area (TPSA) is 142 Å². The quantitative estimate of drug-likeness (QED) is 0.371. The number of nitrogens with two attached hydrogens (primary N) is 1. The Bertz CT molecular complexity index is 1060. The number of halogens is 1. The van der Waals surface area contributed by atoms with Crippen LogP contribution in [-0.2, 0) is 6.54 Å². The van der Waals surface area contributed by atoms with Crippen molar-refractivity contribution < 1.29 is 18.7 Å². The molecule has 4 N–H and O–H groups in total. The number of carbonyl (C=O) groups excluding carboxylic acids is 1. The Morgan fingerprint density at radius 3 is 2.90 bits per heavy atom. The molecule has 1 aromatic carbocycles. The first-order valence-electron chi connectivity index (χ1n) is 9.57. The van der Waals surface area contributed by atoms with Crippen molar-refractivity contribution >= 4 is 17.9 Å². The molecule has 0 spiro atoms. The van der Waals surface area contributed by atoms with E-state index in [1.165, 1.54) is 34.3 Å². The Labute approximate surface area is 170 Å². The van der Waals surface area contributed by atoms with E-state index in [1.807, 2.05) is 0 Å². The fraction of sp³-hybridized carbons (Fsp3) is 0.333. The van der Waals surface area contributed by atoms with Crippen LogP contribution < -0.4 is 16.1 Å². The summed E-state index contributed by atoms with van der Waals surface area (Å²) in [6, 6.07) is 5.85. The van der Waals surface area contributed by atoms with Crippen LogP contribution in [0, 0.1) is 5.82 Å². The highest BCUT2D eigenvalue weighted by molar-refractivity contribution is 5.94. The monoisotopic (exact) mass is 414 g/mol. The van der Waals surface area contributed by atoms with Gasteiger partial charge in [0.05, 0.1) is 19.3 Å². The fourth-order valence-corrected chi connectivity index (χ4v) is 3.42. The summed E-state index contributed by atoms with van der Waals surface area (Å²) in [5, 5.41) is 19.3. The molecule has 3 heterocycles. The van der Waals surface area contributed by atoms with Gasteiger partial charge in [-0.3, -0.25) is 4.79 Å². The van der Waals surface area contributed by atoms with Crippen LogP contribution in [0.2, 0.25) is 0 Å². The zero-order valence-corrected chi connectivity index (χ0v) is 16.1. The molecular weight excluding hydrogens is 393 g/mol. The molecule has 4 rings (SSSR count). The molecule has 1 aliphatic rings. The van der Waals surface area contributed by atoms with Gasteiger partial charge < -0.3 is 10.6 Å². The highest BCUT2D eigenvalue weighted by Gasteiger charge is 2.27. The average Bonchev–Trinajstić information content (AvgIpc) is 3.34. The van der Waals surface area contributed by atoms with Gasteiger partial charge in [-0.1, -0.05) is 17.3 Å². The first-order valence-corrected chi connectivity index (χ1v) is 9.57. The van der Waals surface area contributed by atoms with Crippen LogP contribution in [0.25, 0.3) is 5.82 Å². The van der Waals surface area contributed by atoms with Gasteiger partial charge in [-0.15, -0.1) is 5.10 Å². The summed E-state index contributed by atoms with van der Waals surface area (Å²) in [7, 11) is 0. The summed E-state index contributed by atoms with van der Waals surface area (Å²) in [5.41, 5.74) is 9.36. The molecule has 0 bridgehead atoms. The SMILES string of the molecule is Nc1nonc1-n1nnc(C(=O)NN=Cc2cccc(F)c2)c1C[NH+]1CCCCC1. The molecule has 1 saturated heterocycles. The lowest BCUT2D eigenvalue weighted by molar-refractivity contribution is -0.918. The highest BCUT2D eigenvalue weighted by Crippen LogP contribution is 2.15. The third kappa shape index (κ3) is 4.33. The van der Waals surface area contributed by atoms with Crippen LogP contribution in [0.1, 0.15) is 41.0 Å². The lowest BCUT2D eigenvalue weighted by Gasteiger charge is -2.23. The van der Waals surface area contributed by atoms with Crippen LogP contribution in [0.4, 0.5) is 10.2 Å². The number of benzene rings is 1. The minimum absolute atomic E-state index is 0.0471. The highest BCUT2D eigenvalue weighted by atomic mass is 19.1. The molecule has 156 valence electrons. The Hall–Kier alpha value is -3.67. The number of hydrogen-bond donors (Lipinski definition) is 3. The number of nitrogen functional groups attached to an aromatic ring is 1. The first kappa shape index (κ1) is 19.6. The maximum atomic E-state index is 13.3. The number of hydrazone groups is 1. The first-order chi connectivity index (χ1) is 14.6. The Kier molecular flexibility index (Phi) is 5.75. The van der Waals surface area contributed by atoms with Crippen LogP contribution in [0.3, 0.4) is 0 Å². The second-order valence-electron chi connectivity index (χ2n) is 7.01. The lowest BCUT2D eigenvalue weighted by Crippen LogP contribution is -3.11. The Morgan fingerprint density at radius 1 is 1.33 bits per heavy atom. The Balaban J connectivity index is 1.57. The van der Waals surface area contributed by atoms with Gasteiger partial charge in [-0.2, -0.15) is 9.78 Å². The van der Waals surface area contributed by atoms with Gasteiger partial charge >= 0.3 is 0 Å². The largest absolute Gasteiger partial charge is 0.378 e. The second kappa shape index (κ2) is 8.78. The average molecular weight is 414 g/mol. The van der Waals surface area contributed by atoms with Crippen LogP contribution >= 0.6 is 0 Å². The summed E-state index contributed by atoms with van der Waals surface area (Å²) >= 11 is 0. The molecule has 0 saturated carbocycles. The number of anilines is 1. The van der Waals surface area contributed by atoms with E-state index in [9.17, 15) is 9.18 Å². The second-order valence-corrected chi connectivity index (χ2v) is 7.01. The number of aromatic nitrogens is 5. The summed E-state index contributed by atoms with van der Waals surface area (Å²) in [6.07, 6.45) is 4.78. The van der Waals surface area contributed by atoms with Crippen molar-refractivity contribution in [1.82, 2.24) is 30.7 Å². The third-order valence-electron chi connectivity index (χ3n) is 4.88. The van der Waals surface area contributed by atoms with Crippen molar-refractivity contribution in [3.63, 3.8) is 0 Å². The molecule has 12 heteroatoms. The van der Waals surface area contributed by atoms with Gasteiger partial charge in [0.15, 0.2) is 5.69 Å². The summed E-state index contributed by atoms with van der Waals surface area (Å²) in [4.78, 5) is 14.0. The molecule has 0 aliphatic carbocycles. The molecule has 11 nitrogen and oxygen atoms in total. The van der Waals surface area contributed by atoms with E-state index in [0.717, 1.165) is 25.9 Å². The van der Waals surface area contributed by atoms with Crippen molar-refractivity contribution in [2.75, 3.05) is 18.8 Å². The van der Waals surface area contributed by atoms with Crippen LogP contribution in [-0.4, -0.2) is 50.5 Å². The lowest BCUT2D eigenvalue weighted by atomic mass is 10.1. The minimum Gasteiger partial charge on any atom is -0.378 e. The van der Waals surface area contributed by atoms with Gasteiger partial charge in [0, 0.05) is 0 Å². The van der Waals surface area contributed by atoms with E-state index in [0.29, 0.717) is 17.8 Å². The van der Waals surface area contributed by atoms with Crippen molar-refractivity contribution in [2.24, 2.45) is 5.10 Å². The number of nitrogens with one attached hydrogen (secondary N) is 2. The Morgan fingerprint density at radius 2 is 2.17 bits per heavy atom.